The molecular formula is C16H36N4OP+. The van der Waals surface area contributed by atoms with E-state index in [0.717, 1.165) is 6.35 Å². The lowest BCUT2D eigenvalue weighted by Gasteiger charge is -2.26. The molecule has 0 radical (unpaired) electrons. The van der Waals surface area contributed by atoms with E-state index in [1.807, 2.05) is 7.11 Å². The quantitative estimate of drug-likeness (QED) is 0.339. The minimum Gasteiger partial charge on any atom is -0.350 e. The number of rotatable bonds is 11. The summed E-state index contributed by atoms with van der Waals surface area (Å²) in [4.78, 5) is 0. The third-order valence-electron chi connectivity index (χ3n) is 3.36. The minimum absolute atomic E-state index is 0.768. The smallest absolute Gasteiger partial charge is 0.173 e. The molecule has 0 spiro atoms. The number of ether oxygens (including phenoxy) is 1. The number of nitriles is 2. The van der Waals surface area contributed by atoms with Crippen molar-refractivity contribution in [3.05, 3.63) is 0 Å². The van der Waals surface area contributed by atoms with Crippen LogP contribution in [0.2, 0.25) is 0 Å². The Labute approximate surface area is 138 Å². The van der Waals surface area contributed by atoms with Gasteiger partial charge in [-0.1, -0.05) is 40.0 Å². The number of methoxy groups -OCH3 is 1. The molecule has 0 saturated carbocycles. The van der Waals surface area contributed by atoms with Gasteiger partial charge in [0.25, 0.3) is 0 Å². The molecule has 0 aromatic heterocycles. The predicted octanol–water partition coefficient (Wildman–Crippen LogP) is 3.86. The fourth-order valence-electron chi connectivity index (χ4n) is 2.28. The highest BCUT2D eigenvalue weighted by Crippen LogP contribution is 2.60. The van der Waals surface area contributed by atoms with E-state index in [-0.39, 0.29) is 0 Å². The number of hydrogen-bond acceptors (Lipinski definition) is 5. The van der Waals surface area contributed by atoms with Crippen LogP contribution in [0, 0.1) is 22.9 Å². The van der Waals surface area contributed by atoms with Crippen molar-refractivity contribution < 1.29 is 4.74 Å². The number of hydrogen-bond donors (Lipinski definition) is 2. The molecule has 6 heteroatoms. The maximum atomic E-state index is 7.10. The Bertz CT molecular complexity index is 253. The van der Waals surface area contributed by atoms with Crippen LogP contribution in [0.4, 0.5) is 0 Å². The van der Waals surface area contributed by atoms with Crippen LogP contribution in [0.15, 0.2) is 0 Å². The Balaban J connectivity index is -0.000000515. The zero-order valence-electron chi connectivity index (χ0n) is 15.0. The summed E-state index contributed by atoms with van der Waals surface area (Å²) in [6, 6.07) is 0. The molecule has 0 aliphatic heterocycles. The van der Waals surface area contributed by atoms with Gasteiger partial charge in [-0.3, -0.25) is 0 Å². The molecule has 4 N–H and O–H groups in total. The second-order valence-electron chi connectivity index (χ2n) is 5.25. The maximum Gasteiger partial charge on any atom is 0.173 e. The first-order chi connectivity index (χ1) is 10.6. The molecule has 0 atom stereocenters. The van der Waals surface area contributed by atoms with Gasteiger partial charge in [-0.05, 0) is 19.3 Å². The van der Waals surface area contributed by atoms with Crippen LogP contribution in [0.5, 0.6) is 0 Å². The summed E-state index contributed by atoms with van der Waals surface area (Å²) in [6.07, 6.45) is 16.2. The summed E-state index contributed by atoms with van der Waals surface area (Å²) >= 11 is 0. The number of unbranched alkanes of at least 4 members (excludes halogenated alkanes) is 3. The van der Waals surface area contributed by atoms with Gasteiger partial charge in [0.05, 0.1) is 18.5 Å². The molecule has 0 amide bonds. The topological polar surface area (TPSA) is 109 Å². The van der Waals surface area contributed by atoms with E-state index in [1.165, 1.54) is 69.4 Å². The van der Waals surface area contributed by atoms with Gasteiger partial charge in [-0.15, -0.1) is 0 Å². The van der Waals surface area contributed by atoms with Gasteiger partial charge in [0, 0.05) is 14.4 Å². The molecule has 0 aliphatic rings. The van der Waals surface area contributed by atoms with Gasteiger partial charge in [0.2, 0.25) is 0 Å². The highest BCUT2D eigenvalue weighted by Gasteiger charge is 2.35. The second-order valence-corrected chi connectivity index (χ2v) is 9.53. The van der Waals surface area contributed by atoms with Gasteiger partial charge < -0.3 is 16.2 Å². The Hall–Kier alpha value is -1.03. The molecular weight excluding hydrogens is 295 g/mol. The standard InChI is InChI=1S/C14H32OP.2CH2N2/c1-5-8-11-16(14-15-4,12-9-6-2)13-10-7-3;2*2-1-3/h5-14H2,1-4H3;2*2H2/q+1;;. The van der Waals surface area contributed by atoms with Crippen LogP contribution in [0.1, 0.15) is 59.3 Å². The lowest BCUT2D eigenvalue weighted by atomic mass is 10.4. The van der Waals surface area contributed by atoms with Gasteiger partial charge >= 0.3 is 0 Å². The Morgan fingerprint density at radius 2 is 1.09 bits per heavy atom. The summed E-state index contributed by atoms with van der Waals surface area (Å²) in [5, 5.41) is 14.2. The van der Waals surface area contributed by atoms with Crippen LogP contribution >= 0.6 is 7.26 Å². The van der Waals surface area contributed by atoms with Crippen molar-refractivity contribution in [1.82, 2.24) is 0 Å². The highest BCUT2D eigenvalue weighted by molar-refractivity contribution is 7.75. The van der Waals surface area contributed by atoms with E-state index in [1.54, 1.807) is 0 Å². The van der Waals surface area contributed by atoms with Crippen molar-refractivity contribution in [3.63, 3.8) is 0 Å². The van der Waals surface area contributed by atoms with Gasteiger partial charge in [0.1, 0.15) is 0 Å². The molecule has 0 rings (SSSR count). The van der Waals surface area contributed by atoms with E-state index in [2.05, 4.69) is 32.2 Å². The summed E-state index contributed by atoms with van der Waals surface area (Å²) < 4.78 is 5.55. The summed E-state index contributed by atoms with van der Waals surface area (Å²) in [7, 11) is 1.12. The fraction of sp³-hybridized carbons (Fsp3) is 0.875. The largest absolute Gasteiger partial charge is 0.350 e. The van der Waals surface area contributed by atoms with Crippen molar-refractivity contribution in [1.29, 1.82) is 10.5 Å². The molecule has 0 aromatic rings. The predicted molar refractivity (Wildman–Crippen MR) is 97.7 cm³/mol. The number of nitrogens with two attached hydrogens (primary N) is 2. The molecule has 130 valence electrons. The summed E-state index contributed by atoms with van der Waals surface area (Å²) in [5.41, 5.74) is 8.31. The monoisotopic (exact) mass is 331 g/mol. The Kier molecular flexibility index (Phi) is 26.2. The van der Waals surface area contributed by atoms with Crippen molar-refractivity contribution in [3.8, 4) is 12.4 Å². The average molecular weight is 331 g/mol. The van der Waals surface area contributed by atoms with Gasteiger partial charge in [0.15, 0.2) is 18.7 Å². The molecule has 0 unspecified atom stereocenters. The second kappa shape index (κ2) is 22.3. The zero-order chi connectivity index (χ0) is 17.7. The summed E-state index contributed by atoms with van der Waals surface area (Å²) in [6.45, 7) is 6.92. The lowest BCUT2D eigenvalue weighted by Crippen LogP contribution is -2.13. The average Bonchev–Trinajstić information content (AvgIpc) is 2.50. The first-order valence-corrected chi connectivity index (χ1v) is 10.6. The van der Waals surface area contributed by atoms with E-state index in [4.69, 9.17) is 15.3 Å². The van der Waals surface area contributed by atoms with Crippen molar-refractivity contribution in [2.24, 2.45) is 11.5 Å². The number of nitrogens with zero attached hydrogens (tertiary/aromatic N) is 2. The fourth-order valence-corrected chi connectivity index (χ4v) is 6.85. The minimum atomic E-state index is -0.768. The molecule has 22 heavy (non-hydrogen) atoms. The van der Waals surface area contributed by atoms with Crippen LogP contribution in [0.25, 0.3) is 0 Å². The van der Waals surface area contributed by atoms with E-state index in [9.17, 15) is 0 Å². The first kappa shape index (κ1) is 25.9. The van der Waals surface area contributed by atoms with Crippen molar-refractivity contribution in [2.75, 3.05) is 31.9 Å². The molecule has 5 nitrogen and oxygen atoms in total. The van der Waals surface area contributed by atoms with Crippen LogP contribution < -0.4 is 11.5 Å². The van der Waals surface area contributed by atoms with E-state index >= 15 is 0 Å². The lowest BCUT2D eigenvalue weighted by molar-refractivity contribution is 0.252. The van der Waals surface area contributed by atoms with Gasteiger partial charge in [-0.2, -0.15) is 10.5 Å². The SMILES string of the molecule is CCCC[P+](CCCC)(CCCC)COC.N#CN.N#CN. The van der Waals surface area contributed by atoms with E-state index < -0.39 is 7.26 Å². The van der Waals surface area contributed by atoms with Crippen LogP contribution in [0.3, 0.4) is 0 Å². The normalized spacial score (nSPS) is 9.36. The van der Waals surface area contributed by atoms with Gasteiger partial charge in [-0.25, -0.2) is 0 Å². The molecule has 0 saturated heterocycles. The molecule has 0 aliphatic carbocycles. The van der Waals surface area contributed by atoms with Crippen molar-refractivity contribution in [2.45, 2.75) is 59.3 Å². The molecule has 0 heterocycles. The van der Waals surface area contributed by atoms with Crippen molar-refractivity contribution >= 4 is 7.26 Å². The van der Waals surface area contributed by atoms with Crippen LogP contribution in [-0.4, -0.2) is 31.9 Å². The highest BCUT2D eigenvalue weighted by atomic mass is 31.2. The third-order valence-corrected chi connectivity index (χ3v) is 7.96. The van der Waals surface area contributed by atoms with Crippen LogP contribution in [-0.2, 0) is 4.74 Å². The summed E-state index contributed by atoms with van der Waals surface area (Å²) in [5.74, 6) is 0. The van der Waals surface area contributed by atoms with E-state index in [0.29, 0.717) is 0 Å². The Morgan fingerprint density at radius 1 is 0.818 bits per heavy atom. The molecule has 0 fully saturated rings. The first-order valence-electron chi connectivity index (χ1n) is 8.11. The zero-order valence-corrected chi connectivity index (χ0v) is 15.9. The maximum absolute atomic E-state index is 7.10. The Morgan fingerprint density at radius 3 is 1.27 bits per heavy atom. The molecule has 0 bridgehead atoms. The molecule has 0 aromatic carbocycles. The third kappa shape index (κ3) is 19.0.